The van der Waals surface area contributed by atoms with Gasteiger partial charge in [0.2, 0.25) is 0 Å². The van der Waals surface area contributed by atoms with E-state index in [1.165, 1.54) is 13.2 Å². The number of nitrogens with two attached hydrogens (primary N) is 1. The molecule has 0 saturated heterocycles. The molecule has 34 nitrogen and oxygen atoms in total. The van der Waals surface area contributed by atoms with Crippen LogP contribution in [0.25, 0.3) is 32.3 Å². The van der Waals surface area contributed by atoms with Crippen molar-refractivity contribution in [2.24, 2.45) is 40.9 Å². The first kappa shape index (κ1) is 61.4. The monoisotopic (exact) mass is 1300 g/mol. The number of methoxy groups -OCH3 is 1. The Morgan fingerprint density at radius 2 is 0.798 bits per heavy atom. The third kappa shape index (κ3) is 12.5. The molecule has 12 N–H and O–H groups in total. The zero-order valence-corrected chi connectivity index (χ0v) is 46.6. The van der Waals surface area contributed by atoms with Crippen molar-refractivity contribution >= 4 is 154 Å². The number of ether oxygens (including phenoxy) is 1. The highest BCUT2D eigenvalue weighted by Crippen LogP contribution is 2.50. The quantitative estimate of drug-likeness (QED) is 0.0246. The SMILES string of the molecule is COc1ccc(/N=N\c2c(S(=O)(=O)O)cc3cc(/N=N\c4c(S(=O)(=O)O)cc5cc(S(=O)(=O)O)c(/N=N\c6ccc7cc(S(=O)(=O)O)c(/N=N\c8cc(S(=O)(=O)O)ccc8S(=O)(=O)O)c(O)c7c6)c(N)c5c4O)ccc3c2O)c(S(=O)(=O)O)c1. The molecule has 0 bridgehead atoms. The molecule has 8 aromatic carbocycles. The minimum atomic E-state index is -5.50. The van der Waals surface area contributed by atoms with Crippen LogP contribution in [-0.4, -0.2) is 113 Å². The second kappa shape index (κ2) is 21.5. The fourth-order valence-electron chi connectivity index (χ4n) is 7.77. The number of anilines is 1. The van der Waals surface area contributed by atoms with Crippen molar-refractivity contribution < 1.29 is 111 Å². The van der Waals surface area contributed by atoms with Gasteiger partial charge in [0, 0.05) is 16.8 Å². The summed E-state index contributed by atoms with van der Waals surface area (Å²) in [4.78, 5) is -7.82. The second-order valence-electron chi connectivity index (χ2n) is 16.9. The summed E-state index contributed by atoms with van der Waals surface area (Å²) in [5, 5.41) is 61.0. The van der Waals surface area contributed by atoms with Crippen LogP contribution in [0.1, 0.15) is 0 Å². The highest BCUT2D eigenvalue weighted by Gasteiger charge is 2.30. The first-order chi connectivity index (χ1) is 38.7. The number of phenolic OH excluding ortho intramolecular Hbond substituents is 3. The van der Waals surface area contributed by atoms with Crippen molar-refractivity contribution in [3.63, 3.8) is 0 Å². The average molecular weight is 1300 g/mol. The Labute approximate surface area is 470 Å². The molecule has 8 rings (SSSR count). The lowest BCUT2D eigenvalue weighted by atomic mass is 10.0. The molecule has 440 valence electrons. The molecule has 8 aromatic rings. The molecule has 84 heavy (non-hydrogen) atoms. The van der Waals surface area contributed by atoms with Crippen LogP contribution in [0.5, 0.6) is 23.0 Å². The first-order valence-corrected chi connectivity index (χ1v) is 31.8. The largest absolute Gasteiger partial charge is 0.505 e. The Morgan fingerprint density at radius 1 is 0.357 bits per heavy atom. The van der Waals surface area contributed by atoms with Crippen molar-refractivity contribution in [1.29, 1.82) is 0 Å². The van der Waals surface area contributed by atoms with Crippen LogP contribution in [0.2, 0.25) is 0 Å². The van der Waals surface area contributed by atoms with Gasteiger partial charge in [0.05, 0.1) is 34.5 Å². The van der Waals surface area contributed by atoms with Gasteiger partial charge in [0.25, 0.3) is 70.8 Å². The minimum Gasteiger partial charge on any atom is -0.505 e. The zero-order chi connectivity index (χ0) is 62.2. The van der Waals surface area contributed by atoms with Gasteiger partial charge in [0.15, 0.2) is 17.2 Å². The summed E-state index contributed by atoms with van der Waals surface area (Å²) in [7, 11) is -35.8. The van der Waals surface area contributed by atoms with E-state index >= 15 is 0 Å². The average Bonchev–Trinajstić information content (AvgIpc) is 1.28. The fourth-order valence-corrected chi connectivity index (χ4v) is 12.2. The van der Waals surface area contributed by atoms with Gasteiger partial charge in [-0.1, -0.05) is 6.07 Å². The molecular weight excluding hydrogens is 1270 g/mol. The number of azo groups is 4. The summed E-state index contributed by atoms with van der Waals surface area (Å²) in [6.07, 6.45) is 0. The maximum Gasteiger partial charge on any atom is 0.296 e. The summed E-state index contributed by atoms with van der Waals surface area (Å²) in [6, 6.07) is 13.0. The number of hydrogen-bond acceptors (Lipinski definition) is 27. The summed E-state index contributed by atoms with van der Waals surface area (Å²) in [6.45, 7) is 0. The zero-order valence-electron chi connectivity index (χ0n) is 40.8. The summed E-state index contributed by atoms with van der Waals surface area (Å²) >= 11 is 0. The van der Waals surface area contributed by atoms with Gasteiger partial charge < -0.3 is 25.8 Å². The van der Waals surface area contributed by atoms with E-state index in [4.69, 9.17) is 10.5 Å². The molecule has 0 heterocycles. The van der Waals surface area contributed by atoms with Gasteiger partial charge in [-0.2, -0.15) is 69.2 Å². The molecule has 0 unspecified atom stereocenters. The lowest BCUT2D eigenvalue weighted by Gasteiger charge is -2.14. The van der Waals surface area contributed by atoms with Gasteiger partial charge in [-0.3, -0.25) is 31.9 Å². The lowest BCUT2D eigenvalue weighted by Crippen LogP contribution is -2.03. The Bertz CT molecular complexity index is 5200. The number of phenols is 3. The molecule has 0 aliphatic carbocycles. The number of rotatable bonds is 16. The van der Waals surface area contributed by atoms with Gasteiger partial charge >= 0.3 is 0 Å². The topological polar surface area (TPSA) is 575 Å². The number of nitrogen functional groups attached to an aromatic ring is 1. The van der Waals surface area contributed by atoms with E-state index in [1.807, 2.05) is 0 Å². The standard InChI is InChI=1S/C43H31N9O25S7/c1-77-23-5-8-27(30(16-23)80(62,63)64)47-51-38-33(83(71,72)73)12-19-10-21(4-7-25(19)41(38)53)45-50-40-34(84(74,75)76)14-20-13-31(81(65,66)67)37(36(44)35(20)43(40)55)49-46-22-3-2-18-11-32(82(68,69)70)39(42(54)26(18)15-22)52-48-28-17-24(78(56,57)58)6-9-29(28)79(59,60)61/h2-17,53-55H,44H2,1H3,(H,56,57,58)(H,59,60,61)(H,62,63,64)(H,65,66,67)(H,68,69,70)(H,71,72,73)(H,74,75,76)/b49-46-,50-45-,51-47-,52-48-. The molecule has 0 aliphatic heterocycles. The van der Waals surface area contributed by atoms with Crippen LogP contribution in [0.4, 0.5) is 51.2 Å². The van der Waals surface area contributed by atoms with Crippen LogP contribution >= 0.6 is 0 Å². The van der Waals surface area contributed by atoms with E-state index in [-0.39, 0.29) is 27.6 Å². The number of nitrogens with zero attached hydrogens (tertiary/aromatic N) is 8. The number of fused-ring (bicyclic) bond motifs is 3. The van der Waals surface area contributed by atoms with Crippen molar-refractivity contribution in [1.82, 2.24) is 0 Å². The van der Waals surface area contributed by atoms with Crippen molar-refractivity contribution in [2.75, 3.05) is 12.8 Å². The molecule has 0 spiro atoms. The van der Waals surface area contributed by atoms with E-state index in [2.05, 4.69) is 40.9 Å². The number of benzene rings is 8. The van der Waals surface area contributed by atoms with Crippen LogP contribution in [0.15, 0.2) is 172 Å². The third-order valence-electron chi connectivity index (χ3n) is 11.5. The maximum atomic E-state index is 12.8. The van der Waals surface area contributed by atoms with Gasteiger partial charge in [-0.05, 0) is 101 Å². The van der Waals surface area contributed by atoms with Gasteiger partial charge in [-0.25, -0.2) is 0 Å². The summed E-state index contributed by atoms with van der Waals surface area (Å²) < 4.78 is 248. The molecule has 41 heteroatoms. The molecule has 0 amide bonds. The molecule has 0 aliphatic rings. The predicted molar refractivity (Wildman–Crippen MR) is 286 cm³/mol. The predicted octanol–water partition coefficient (Wildman–Crippen LogP) is 8.24. The van der Waals surface area contributed by atoms with Crippen LogP contribution in [0, 0.1) is 0 Å². The third-order valence-corrected chi connectivity index (χ3v) is 17.6. The van der Waals surface area contributed by atoms with E-state index in [9.17, 15) is 106 Å². The molecule has 0 radical (unpaired) electrons. The number of hydrogen-bond donors (Lipinski definition) is 11. The molecule has 0 aromatic heterocycles. The normalized spacial score (nSPS) is 13.4. The summed E-state index contributed by atoms with van der Waals surface area (Å²) in [5.74, 6) is -3.51. The maximum absolute atomic E-state index is 12.8. The Balaban J connectivity index is 1.23. The Hall–Kier alpha value is -8.69. The molecule has 0 atom stereocenters. The Kier molecular flexibility index (Phi) is 15.7. The fraction of sp³-hybridized carbons (Fsp3) is 0.0233. The van der Waals surface area contributed by atoms with Crippen LogP contribution in [-0.2, 0) is 70.8 Å². The molecule has 0 saturated carbocycles. The Morgan fingerprint density at radius 3 is 1.32 bits per heavy atom. The van der Waals surface area contributed by atoms with E-state index in [0.717, 1.165) is 54.6 Å². The highest BCUT2D eigenvalue weighted by molar-refractivity contribution is 7.87. The van der Waals surface area contributed by atoms with Crippen molar-refractivity contribution in [2.45, 2.75) is 34.3 Å². The van der Waals surface area contributed by atoms with Crippen LogP contribution in [0.3, 0.4) is 0 Å². The molecular formula is C43H31N9O25S7. The van der Waals surface area contributed by atoms with Crippen LogP contribution < -0.4 is 10.5 Å². The second-order valence-corrected chi connectivity index (χ2v) is 26.6. The molecule has 0 fully saturated rings. The summed E-state index contributed by atoms with van der Waals surface area (Å²) in [5.41, 5.74) is -1.22. The van der Waals surface area contributed by atoms with Crippen molar-refractivity contribution in [3.05, 3.63) is 97.1 Å². The highest BCUT2D eigenvalue weighted by atomic mass is 32.2. The van der Waals surface area contributed by atoms with E-state index in [1.54, 1.807) is 0 Å². The first-order valence-electron chi connectivity index (χ1n) is 21.7. The van der Waals surface area contributed by atoms with Gasteiger partial charge in [0.1, 0.15) is 69.2 Å². The minimum absolute atomic E-state index is 0.0578. The van der Waals surface area contributed by atoms with E-state index in [0.29, 0.717) is 36.4 Å². The lowest BCUT2D eigenvalue weighted by molar-refractivity contribution is 0.412. The smallest absolute Gasteiger partial charge is 0.296 e. The van der Waals surface area contributed by atoms with E-state index < -0.39 is 184 Å². The van der Waals surface area contributed by atoms with Crippen molar-refractivity contribution in [3.8, 4) is 23.0 Å². The number of aromatic hydroxyl groups is 3. The van der Waals surface area contributed by atoms with Gasteiger partial charge in [-0.15, -0.1) is 30.7 Å².